The highest BCUT2D eigenvalue weighted by atomic mass is 16.5. The first-order chi connectivity index (χ1) is 8.66. The number of aromatic nitrogens is 1. The van der Waals surface area contributed by atoms with E-state index in [1.807, 2.05) is 50.2 Å². The molecule has 0 saturated carbocycles. The molecule has 0 saturated heterocycles. The molecule has 0 radical (unpaired) electrons. The summed E-state index contributed by atoms with van der Waals surface area (Å²) in [6.45, 7) is 4.47. The van der Waals surface area contributed by atoms with E-state index in [2.05, 4.69) is 4.98 Å². The largest absolute Gasteiger partial charge is 0.487 e. The number of benzene rings is 1. The lowest BCUT2D eigenvalue weighted by atomic mass is 10.1. The van der Waals surface area contributed by atoms with Crippen LogP contribution in [0.1, 0.15) is 29.8 Å². The second-order valence-electron chi connectivity index (χ2n) is 4.42. The van der Waals surface area contributed by atoms with Crippen molar-refractivity contribution in [3.05, 3.63) is 59.4 Å². The standard InChI is InChI=1S/C15H18N2O/c1-11-5-4-8-17-15(11)10-18-14-7-3-6-13(9-14)12(2)16/h3-9,12H,10,16H2,1-2H3/t12-/m0/s1. The molecule has 2 rings (SSSR count). The third-order valence-electron chi connectivity index (χ3n) is 2.88. The second-order valence-corrected chi connectivity index (χ2v) is 4.42. The molecule has 1 aromatic heterocycles. The highest BCUT2D eigenvalue weighted by molar-refractivity contribution is 5.30. The number of aryl methyl sites for hydroxylation is 1. The van der Waals surface area contributed by atoms with Gasteiger partial charge in [-0.25, -0.2) is 0 Å². The lowest BCUT2D eigenvalue weighted by Gasteiger charge is -2.10. The third kappa shape index (κ3) is 3.08. The molecule has 0 unspecified atom stereocenters. The van der Waals surface area contributed by atoms with Gasteiger partial charge >= 0.3 is 0 Å². The maximum atomic E-state index is 5.85. The van der Waals surface area contributed by atoms with Crippen molar-refractivity contribution in [2.75, 3.05) is 0 Å². The van der Waals surface area contributed by atoms with Gasteiger partial charge in [0, 0.05) is 12.2 Å². The number of nitrogens with zero attached hydrogens (tertiary/aromatic N) is 1. The summed E-state index contributed by atoms with van der Waals surface area (Å²) in [5.74, 6) is 0.829. The molecule has 1 atom stereocenters. The van der Waals surface area contributed by atoms with Gasteiger partial charge in [0.15, 0.2) is 0 Å². The number of nitrogens with two attached hydrogens (primary N) is 1. The quantitative estimate of drug-likeness (QED) is 0.896. The molecule has 0 bridgehead atoms. The number of rotatable bonds is 4. The minimum Gasteiger partial charge on any atom is -0.487 e. The SMILES string of the molecule is Cc1cccnc1COc1cccc([C@H](C)N)c1. The zero-order chi connectivity index (χ0) is 13.0. The highest BCUT2D eigenvalue weighted by Crippen LogP contribution is 2.18. The van der Waals surface area contributed by atoms with Crippen LogP contribution >= 0.6 is 0 Å². The van der Waals surface area contributed by atoms with E-state index in [4.69, 9.17) is 10.5 Å². The van der Waals surface area contributed by atoms with E-state index in [1.165, 1.54) is 0 Å². The van der Waals surface area contributed by atoms with Gasteiger partial charge in [-0.2, -0.15) is 0 Å². The fourth-order valence-corrected chi connectivity index (χ4v) is 1.71. The summed E-state index contributed by atoms with van der Waals surface area (Å²) < 4.78 is 5.75. The van der Waals surface area contributed by atoms with Crippen LogP contribution in [0.4, 0.5) is 0 Å². The van der Waals surface area contributed by atoms with Gasteiger partial charge in [-0.05, 0) is 43.2 Å². The van der Waals surface area contributed by atoms with E-state index < -0.39 is 0 Å². The number of pyridine rings is 1. The molecule has 0 spiro atoms. The smallest absolute Gasteiger partial charge is 0.130 e. The number of ether oxygens (including phenoxy) is 1. The van der Waals surface area contributed by atoms with Crippen LogP contribution in [-0.4, -0.2) is 4.98 Å². The molecular weight excluding hydrogens is 224 g/mol. The Morgan fingerprint density at radius 1 is 1.28 bits per heavy atom. The normalized spacial score (nSPS) is 12.2. The summed E-state index contributed by atoms with van der Waals surface area (Å²) in [5.41, 5.74) is 9.02. The van der Waals surface area contributed by atoms with Crippen LogP contribution in [0.25, 0.3) is 0 Å². The lowest BCUT2D eigenvalue weighted by molar-refractivity contribution is 0.300. The van der Waals surface area contributed by atoms with Crippen molar-refractivity contribution in [2.24, 2.45) is 5.73 Å². The maximum absolute atomic E-state index is 5.85. The van der Waals surface area contributed by atoms with Crippen molar-refractivity contribution in [2.45, 2.75) is 26.5 Å². The first-order valence-electron chi connectivity index (χ1n) is 6.05. The highest BCUT2D eigenvalue weighted by Gasteiger charge is 2.03. The molecule has 3 nitrogen and oxygen atoms in total. The van der Waals surface area contributed by atoms with Gasteiger partial charge in [0.25, 0.3) is 0 Å². The molecule has 3 heteroatoms. The van der Waals surface area contributed by atoms with Gasteiger partial charge in [0.05, 0.1) is 5.69 Å². The summed E-state index contributed by atoms with van der Waals surface area (Å²) in [6, 6.07) is 11.8. The molecule has 2 aromatic rings. The first-order valence-corrected chi connectivity index (χ1v) is 6.05. The lowest BCUT2D eigenvalue weighted by Crippen LogP contribution is -2.05. The molecule has 1 heterocycles. The third-order valence-corrected chi connectivity index (χ3v) is 2.88. The monoisotopic (exact) mass is 242 g/mol. The van der Waals surface area contributed by atoms with E-state index >= 15 is 0 Å². The summed E-state index contributed by atoms with van der Waals surface area (Å²) in [7, 11) is 0. The fourth-order valence-electron chi connectivity index (χ4n) is 1.71. The zero-order valence-corrected chi connectivity index (χ0v) is 10.8. The van der Waals surface area contributed by atoms with Crippen LogP contribution in [0, 0.1) is 6.92 Å². The Bertz CT molecular complexity index is 523. The summed E-state index contributed by atoms with van der Waals surface area (Å²) in [4.78, 5) is 4.30. The van der Waals surface area contributed by atoms with Crippen molar-refractivity contribution in [1.82, 2.24) is 4.98 Å². The molecule has 1 aromatic carbocycles. The van der Waals surface area contributed by atoms with Crippen molar-refractivity contribution in [3.8, 4) is 5.75 Å². The maximum Gasteiger partial charge on any atom is 0.130 e. The van der Waals surface area contributed by atoms with Gasteiger partial charge in [-0.15, -0.1) is 0 Å². The Morgan fingerprint density at radius 2 is 2.11 bits per heavy atom. The molecule has 0 aliphatic heterocycles. The van der Waals surface area contributed by atoms with Crippen LogP contribution in [0.2, 0.25) is 0 Å². The van der Waals surface area contributed by atoms with Crippen LogP contribution in [-0.2, 0) is 6.61 Å². The molecule has 0 amide bonds. The van der Waals surface area contributed by atoms with Crippen molar-refractivity contribution in [1.29, 1.82) is 0 Å². The van der Waals surface area contributed by atoms with Crippen molar-refractivity contribution >= 4 is 0 Å². The predicted octanol–water partition coefficient (Wildman–Crippen LogP) is 2.99. The minimum absolute atomic E-state index is 0.0186. The molecular formula is C15H18N2O. The second kappa shape index (κ2) is 5.65. The Balaban J connectivity index is 2.07. The van der Waals surface area contributed by atoms with Gasteiger partial charge < -0.3 is 10.5 Å². The molecule has 2 N–H and O–H groups in total. The molecule has 18 heavy (non-hydrogen) atoms. The molecule has 0 aliphatic rings. The summed E-state index contributed by atoms with van der Waals surface area (Å²) >= 11 is 0. The molecule has 0 aliphatic carbocycles. The number of hydrogen-bond acceptors (Lipinski definition) is 3. The van der Waals surface area contributed by atoms with E-state index in [0.29, 0.717) is 6.61 Å². The van der Waals surface area contributed by atoms with Crippen LogP contribution in [0.3, 0.4) is 0 Å². The van der Waals surface area contributed by atoms with E-state index in [-0.39, 0.29) is 6.04 Å². The van der Waals surface area contributed by atoms with E-state index in [9.17, 15) is 0 Å². The van der Waals surface area contributed by atoms with Crippen LogP contribution < -0.4 is 10.5 Å². The van der Waals surface area contributed by atoms with Gasteiger partial charge in [0.2, 0.25) is 0 Å². The van der Waals surface area contributed by atoms with Gasteiger partial charge in [-0.1, -0.05) is 18.2 Å². The number of hydrogen-bond donors (Lipinski definition) is 1. The first kappa shape index (κ1) is 12.6. The van der Waals surface area contributed by atoms with Crippen molar-refractivity contribution < 1.29 is 4.74 Å². The minimum atomic E-state index is 0.0186. The average molecular weight is 242 g/mol. The zero-order valence-electron chi connectivity index (χ0n) is 10.8. The van der Waals surface area contributed by atoms with Crippen LogP contribution in [0.15, 0.2) is 42.6 Å². The summed E-state index contributed by atoms with van der Waals surface area (Å²) in [5, 5.41) is 0. The molecule has 94 valence electrons. The molecule has 0 fully saturated rings. The Morgan fingerprint density at radius 3 is 2.83 bits per heavy atom. The Hall–Kier alpha value is -1.87. The van der Waals surface area contributed by atoms with Gasteiger partial charge in [0.1, 0.15) is 12.4 Å². The predicted molar refractivity (Wildman–Crippen MR) is 72.4 cm³/mol. The fraction of sp³-hybridized carbons (Fsp3) is 0.267. The van der Waals surface area contributed by atoms with Crippen molar-refractivity contribution in [3.63, 3.8) is 0 Å². The topological polar surface area (TPSA) is 48.1 Å². The Labute approximate surface area is 108 Å². The van der Waals surface area contributed by atoms with Gasteiger partial charge in [-0.3, -0.25) is 4.98 Å². The van der Waals surface area contributed by atoms with E-state index in [0.717, 1.165) is 22.6 Å². The van der Waals surface area contributed by atoms with E-state index in [1.54, 1.807) is 6.20 Å². The average Bonchev–Trinajstić information content (AvgIpc) is 2.38. The van der Waals surface area contributed by atoms with Crippen LogP contribution in [0.5, 0.6) is 5.75 Å². The Kier molecular flexibility index (Phi) is 3.95. The summed E-state index contributed by atoms with van der Waals surface area (Å²) in [6.07, 6.45) is 1.78.